The lowest BCUT2D eigenvalue weighted by molar-refractivity contribution is -0.120. The van der Waals surface area contributed by atoms with Crippen molar-refractivity contribution in [3.05, 3.63) is 35.9 Å². The number of nitrogens with one attached hydrogen (secondary N) is 2. The Morgan fingerprint density at radius 1 is 1.41 bits per heavy atom. The molecule has 0 saturated heterocycles. The van der Waals surface area contributed by atoms with Crippen LogP contribution in [-0.4, -0.2) is 18.4 Å². The summed E-state index contributed by atoms with van der Waals surface area (Å²) in [5.74, 6) is -0.190. The highest BCUT2D eigenvalue weighted by Gasteiger charge is 2.11. The first-order valence-electron chi connectivity index (χ1n) is 5.68. The molecule has 17 heavy (non-hydrogen) atoms. The van der Waals surface area contributed by atoms with Crippen LogP contribution in [0.5, 0.6) is 0 Å². The maximum atomic E-state index is 11.6. The monoisotopic (exact) mass is 234 g/mol. The van der Waals surface area contributed by atoms with Crippen molar-refractivity contribution in [2.45, 2.75) is 26.3 Å². The van der Waals surface area contributed by atoms with Crippen LogP contribution in [0, 0.1) is 5.41 Å². The highest BCUT2D eigenvalue weighted by atomic mass is 16.5. The van der Waals surface area contributed by atoms with Crippen LogP contribution in [-0.2, 0) is 9.53 Å². The number of hydrogen-bond acceptors (Lipinski definition) is 3. The fourth-order valence-electron chi connectivity index (χ4n) is 1.49. The van der Waals surface area contributed by atoms with Crippen molar-refractivity contribution in [3.8, 4) is 0 Å². The Hall–Kier alpha value is -1.84. The van der Waals surface area contributed by atoms with E-state index in [0.29, 0.717) is 6.61 Å². The molecule has 0 radical (unpaired) electrons. The molecule has 4 heteroatoms. The minimum Gasteiger partial charge on any atom is -0.481 e. The van der Waals surface area contributed by atoms with Gasteiger partial charge in [-0.1, -0.05) is 30.3 Å². The number of carbonyl (C=O) groups excluding carboxylic acids is 1. The quantitative estimate of drug-likeness (QED) is 0.606. The summed E-state index contributed by atoms with van der Waals surface area (Å²) in [7, 11) is 0. The Bertz CT molecular complexity index is 376. The van der Waals surface area contributed by atoms with E-state index in [0.717, 1.165) is 5.56 Å². The van der Waals surface area contributed by atoms with Gasteiger partial charge < -0.3 is 10.1 Å². The number of ether oxygens (including phenoxy) is 1. The third-order valence-electron chi connectivity index (χ3n) is 2.32. The van der Waals surface area contributed by atoms with Gasteiger partial charge in [-0.15, -0.1) is 0 Å². The van der Waals surface area contributed by atoms with Crippen LogP contribution < -0.4 is 5.32 Å². The zero-order valence-electron chi connectivity index (χ0n) is 10.2. The van der Waals surface area contributed by atoms with Gasteiger partial charge in [0.25, 0.3) is 0 Å². The van der Waals surface area contributed by atoms with Crippen molar-refractivity contribution in [3.63, 3.8) is 0 Å². The van der Waals surface area contributed by atoms with E-state index >= 15 is 0 Å². The van der Waals surface area contributed by atoms with Gasteiger partial charge in [-0.25, -0.2) is 0 Å². The Kier molecular flexibility index (Phi) is 5.20. The summed E-state index contributed by atoms with van der Waals surface area (Å²) < 4.78 is 4.92. The molecule has 0 heterocycles. The Labute approximate surface area is 101 Å². The molecule has 2 N–H and O–H groups in total. The Morgan fingerprint density at radius 3 is 2.65 bits per heavy atom. The zero-order valence-corrected chi connectivity index (χ0v) is 10.2. The fraction of sp³-hybridized carbons (Fsp3) is 0.385. The second kappa shape index (κ2) is 6.68. The summed E-state index contributed by atoms with van der Waals surface area (Å²) >= 11 is 0. The summed E-state index contributed by atoms with van der Waals surface area (Å²) in [5, 5.41) is 10.2. The van der Waals surface area contributed by atoms with Gasteiger partial charge in [0, 0.05) is 0 Å². The highest BCUT2D eigenvalue weighted by molar-refractivity contribution is 5.95. The lowest BCUT2D eigenvalue weighted by Crippen LogP contribution is -2.28. The molecule has 0 bridgehead atoms. The normalized spacial score (nSPS) is 11.6. The molecule has 1 amide bonds. The molecule has 1 aromatic rings. The van der Waals surface area contributed by atoms with E-state index in [1.807, 2.05) is 37.3 Å². The summed E-state index contributed by atoms with van der Waals surface area (Å²) in [6, 6.07) is 9.65. The van der Waals surface area contributed by atoms with Crippen molar-refractivity contribution < 1.29 is 9.53 Å². The van der Waals surface area contributed by atoms with Gasteiger partial charge in [-0.2, -0.15) is 0 Å². The molecule has 0 aliphatic rings. The molecule has 0 aromatic heterocycles. The zero-order chi connectivity index (χ0) is 12.7. The van der Waals surface area contributed by atoms with Gasteiger partial charge in [0.1, 0.15) is 6.42 Å². The van der Waals surface area contributed by atoms with Crippen LogP contribution >= 0.6 is 0 Å². The summed E-state index contributed by atoms with van der Waals surface area (Å²) in [6.07, 6.45) is -0.00892. The SMILES string of the molecule is CCOC(=N)CC(=O)NC(C)c1ccccc1. The second-order valence-corrected chi connectivity index (χ2v) is 3.73. The maximum Gasteiger partial charge on any atom is 0.229 e. The van der Waals surface area contributed by atoms with Gasteiger partial charge in [-0.3, -0.25) is 10.2 Å². The predicted octanol–water partition coefficient (Wildman–Crippen LogP) is 2.27. The number of carbonyl (C=O) groups is 1. The molecule has 0 fully saturated rings. The van der Waals surface area contributed by atoms with E-state index in [2.05, 4.69) is 5.32 Å². The average Bonchev–Trinajstić information content (AvgIpc) is 2.30. The molecule has 0 aliphatic carbocycles. The van der Waals surface area contributed by atoms with Crippen LogP contribution in [0.1, 0.15) is 31.9 Å². The predicted molar refractivity (Wildman–Crippen MR) is 67.0 cm³/mol. The van der Waals surface area contributed by atoms with E-state index in [1.165, 1.54) is 0 Å². The smallest absolute Gasteiger partial charge is 0.229 e. The van der Waals surface area contributed by atoms with Crippen LogP contribution in [0.15, 0.2) is 30.3 Å². The molecule has 92 valence electrons. The molecule has 4 nitrogen and oxygen atoms in total. The van der Waals surface area contributed by atoms with Gasteiger partial charge in [0.2, 0.25) is 5.91 Å². The first kappa shape index (κ1) is 13.2. The van der Waals surface area contributed by atoms with E-state index in [9.17, 15) is 4.79 Å². The average molecular weight is 234 g/mol. The molecule has 0 aliphatic heterocycles. The lowest BCUT2D eigenvalue weighted by Gasteiger charge is -2.14. The number of rotatable bonds is 5. The van der Waals surface area contributed by atoms with Crippen molar-refractivity contribution >= 4 is 11.8 Å². The van der Waals surface area contributed by atoms with Gasteiger partial charge in [-0.05, 0) is 19.4 Å². The first-order chi connectivity index (χ1) is 8.13. The van der Waals surface area contributed by atoms with E-state index in [1.54, 1.807) is 6.92 Å². The van der Waals surface area contributed by atoms with Gasteiger partial charge in [0.15, 0.2) is 5.90 Å². The third-order valence-corrected chi connectivity index (χ3v) is 2.32. The van der Waals surface area contributed by atoms with Crippen LogP contribution in [0.25, 0.3) is 0 Å². The molecule has 1 rings (SSSR count). The topological polar surface area (TPSA) is 62.2 Å². The minimum absolute atomic E-state index is 0.00487. The molecule has 1 aromatic carbocycles. The van der Waals surface area contributed by atoms with Gasteiger partial charge >= 0.3 is 0 Å². The number of hydrogen-bond donors (Lipinski definition) is 2. The van der Waals surface area contributed by atoms with Gasteiger partial charge in [0.05, 0.1) is 12.6 Å². The van der Waals surface area contributed by atoms with Crippen LogP contribution in [0.2, 0.25) is 0 Å². The molecule has 0 saturated carbocycles. The van der Waals surface area contributed by atoms with E-state index in [-0.39, 0.29) is 24.3 Å². The molecule has 1 atom stereocenters. The van der Waals surface area contributed by atoms with Crippen molar-refractivity contribution in [2.75, 3.05) is 6.61 Å². The standard InChI is InChI=1S/C13H18N2O2/c1-3-17-12(14)9-13(16)15-10(2)11-7-5-4-6-8-11/h4-8,10,14H,3,9H2,1-2H3,(H,15,16). The first-order valence-corrected chi connectivity index (χ1v) is 5.68. The van der Waals surface area contributed by atoms with E-state index < -0.39 is 0 Å². The maximum absolute atomic E-state index is 11.6. The summed E-state index contributed by atoms with van der Waals surface area (Å²) in [4.78, 5) is 11.6. The molecule has 1 unspecified atom stereocenters. The minimum atomic E-state index is -0.195. The Morgan fingerprint density at radius 2 is 2.06 bits per heavy atom. The van der Waals surface area contributed by atoms with Crippen LogP contribution in [0.3, 0.4) is 0 Å². The summed E-state index contributed by atoms with van der Waals surface area (Å²) in [6.45, 7) is 4.12. The lowest BCUT2D eigenvalue weighted by atomic mass is 10.1. The van der Waals surface area contributed by atoms with Crippen molar-refractivity contribution in [1.29, 1.82) is 5.41 Å². The second-order valence-electron chi connectivity index (χ2n) is 3.73. The Balaban J connectivity index is 2.44. The highest BCUT2D eigenvalue weighted by Crippen LogP contribution is 2.11. The summed E-state index contributed by atoms with van der Waals surface area (Å²) in [5.41, 5.74) is 1.05. The number of benzene rings is 1. The van der Waals surface area contributed by atoms with E-state index in [4.69, 9.17) is 10.1 Å². The molecular weight excluding hydrogens is 216 g/mol. The molecular formula is C13H18N2O2. The van der Waals surface area contributed by atoms with Crippen molar-refractivity contribution in [2.24, 2.45) is 0 Å². The number of amides is 1. The molecule has 0 spiro atoms. The third kappa shape index (κ3) is 4.68. The largest absolute Gasteiger partial charge is 0.481 e. The fourth-order valence-corrected chi connectivity index (χ4v) is 1.49. The van der Waals surface area contributed by atoms with Crippen LogP contribution in [0.4, 0.5) is 0 Å². The van der Waals surface area contributed by atoms with Crippen molar-refractivity contribution in [1.82, 2.24) is 5.32 Å².